The lowest BCUT2D eigenvalue weighted by atomic mass is 9.91. The summed E-state index contributed by atoms with van der Waals surface area (Å²) < 4.78 is 86.5. The van der Waals surface area contributed by atoms with Crippen molar-refractivity contribution in [1.29, 1.82) is 0 Å². The molecule has 0 radical (unpaired) electrons. The number of alkyl halides is 6. The summed E-state index contributed by atoms with van der Waals surface area (Å²) >= 11 is 3.02. The van der Waals surface area contributed by atoms with E-state index in [1.165, 1.54) is 45.9 Å². The highest BCUT2D eigenvalue weighted by Crippen LogP contribution is 2.36. The van der Waals surface area contributed by atoms with E-state index < -0.39 is 35.8 Å². The van der Waals surface area contributed by atoms with Crippen LogP contribution >= 0.6 is 22.7 Å². The number of carbonyl (C=O) groups excluding carboxylic acids is 1. The van der Waals surface area contributed by atoms with E-state index in [0.717, 1.165) is 33.3 Å². The highest BCUT2D eigenvalue weighted by Gasteiger charge is 2.42. The highest BCUT2D eigenvalue weighted by molar-refractivity contribution is 7.10. The topological polar surface area (TPSA) is 128 Å². The molecule has 72 heavy (non-hydrogen) atoms. The monoisotopic (exact) mass is 1040 g/mol. The van der Waals surface area contributed by atoms with Gasteiger partial charge in [0.1, 0.15) is 23.6 Å². The second-order valence-corrected chi connectivity index (χ2v) is 20.3. The lowest BCUT2D eigenvalue weighted by molar-refractivity contribution is -0.142. The number of nitrogens with zero attached hydrogens (tertiary/aromatic N) is 10. The van der Waals surface area contributed by atoms with E-state index in [2.05, 4.69) is 20.5 Å². The van der Waals surface area contributed by atoms with Gasteiger partial charge in [-0.3, -0.25) is 24.0 Å². The van der Waals surface area contributed by atoms with Crippen LogP contribution in [-0.4, -0.2) is 94.8 Å². The number of thiazole rings is 2. The summed E-state index contributed by atoms with van der Waals surface area (Å²) in [6.45, 7) is 11.8. The summed E-state index contributed by atoms with van der Waals surface area (Å²) in [4.78, 5) is 40.8. The molecular weight excluding hydrogens is 979 g/mol. The summed E-state index contributed by atoms with van der Waals surface area (Å²) in [7, 11) is 0. The molecule has 0 bridgehead atoms. The smallest absolute Gasteiger partial charge is 0.388 e. The molecule has 0 saturated carbocycles. The second kappa shape index (κ2) is 22.6. The van der Waals surface area contributed by atoms with Crippen molar-refractivity contribution in [2.24, 2.45) is 10.3 Å². The third kappa shape index (κ3) is 12.7. The predicted molar refractivity (Wildman–Crippen MR) is 264 cm³/mol. The molecular formula is C51H58F6N10O3S2. The largest absolute Gasteiger partial charge is 0.435 e. The van der Waals surface area contributed by atoms with Crippen LogP contribution in [0.2, 0.25) is 0 Å². The van der Waals surface area contributed by atoms with Crippen LogP contribution in [0.5, 0.6) is 0 Å². The minimum Gasteiger partial charge on any atom is -0.388 e. The van der Waals surface area contributed by atoms with Crippen LogP contribution < -0.4 is 0 Å². The fraction of sp³-hybridized carbons (Fsp3) is 0.471. The molecule has 0 N–H and O–H groups in total. The first-order chi connectivity index (χ1) is 34.3. The molecule has 2 aliphatic heterocycles. The van der Waals surface area contributed by atoms with Crippen molar-refractivity contribution in [2.75, 3.05) is 26.2 Å². The molecule has 0 spiro atoms. The SMILES string of the molecule is CC(=NOC(C)c1ccccc1)c1csc(C2CCN(C(Cn3nc(C(F)(F)F)cc3C)C(=O)C(Cn3nc(C(F)(F)F)cc3C)N3CCC(c4nc(C(C)=NOC(C)c5ccccc5)cs4)CC3)CC2)n1. The van der Waals surface area contributed by atoms with Gasteiger partial charge in [-0.05, 0) is 117 Å². The van der Waals surface area contributed by atoms with E-state index >= 15 is 4.79 Å². The zero-order chi connectivity index (χ0) is 51.3. The zero-order valence-corrected chi connectivity index (χ0v) is 42.5. The van der Waals surface area contributed by atoms with E-state index in [0.29, 0.717) is 74.7 Å². The Hall–Kier alpha value is -5.77. The molecule has 2 fully saturated rings. The van der Waals surface area contributed by atoms with Gasteiger partial charge in [0.15, 0.2) is 17.2 Å². The Bertz CT molecular complexity index is 2620. The predicted octanol–water partition coefficient (Wildman–Crippen LogP) is 11.4. The molecule has 6 heterocycles. The Balaban J connectivity index is 1.01. The third-order valence-corrected chi connectivity index (χ3v) is 15.6. The van der Waals surface area contributed by atoms with Gasteiger partial charge in [-0.25, -0.2) is 9.97 Å². The maximum absolute atomic E-state index is 15.5. The summed E-state index contributed by atoms with van der Waals surface area (Å²) in [5.41, 5.74) is 2.89. The molecule has 2 saturated heterocycles. The first-order valence-corrected chi connectivity index (χ1v) is 25.8. The summed E-state index contributed by atoms with van der Waals surface area (Å²) in [5.74, 6) is -0.268. The lowest BCUT2D eigenvalue weighted by Gasteiger charge is -2.41. The molecule has 384 valence electrons. The normalized spacial score (nSPS) is 18.0. The number of ketones is 1. The van der Waals surface area contributed by atoms with Crippen molar-refractivity contribution in [3.8, 4) is 0 Å². The van der Waals surface area contributed by atoms with E-state index in [1.54, 1.807) is 0 Å². The van der Waals surface area contributed by atoms with Crippen molar-refractivity contribution in [3.63, 3.8) is 0 Å². The van der Waals surface area contributed by atoms with Gasteiger partial charge in [0.05, 0.1) is 46.6 Å². The summed E-state index contributed by atoms with van der Waals surface area (Å²) in [6.07, 6.45) is -7.56. The number of aromatic nitrogens is 6. The van der Waals surface area contributed by atoms with Crippen molar-refractivity contribution < 1.29 is 40.8 Å². The number of likely N-dealkylation sites (tertiary alicyclic amines) is 2. The fourth-order valence-electron chi connectivity index (χ4n) is 9.17. The van der Waals surface area contributed by atoms with Crippen molar-refractivity contribution in [2.45, 2.75) is 129 Å². The summed E-state index contributed by atoms with van der Waals surface area (Å²) in [6, 6.07) is 19.4. The number of hydrogen-bond acceptors (Lipinski definition) is 13. The minimum absolute atomic E-state index is 0.0325. The number of carbonyl (C=O) groups is 1. The van der Waals surface area contributed by atoms with Gasteiger partial charge >= 0.3 is 12.4 Å². The van der Waals surface area contributed by atoms with Gasteiger partial charge in [0.2, 0.25) is 0 Å². The Kier molecular flexibility index (Phi) is 16.5. The maximum Gasteiger partial charge on any atom is 0.435 e. The molecule has 6 aromatic rings. The Labute approximate surface area is 422 Å². The quantitative estimate of drug-likeness (QED) is 0.0469. The molecule has 2 aliphatic rings. The number of Topliss-reactive ketones (excluding diaryl/α,β-unsaturated/α-hetero) is 1. The van der Waals surface area contributed by atoms with Crippen LogP contribution in [0.1, 0.15) is 133 Å². The maximum atomic E-state index is 15.5. The van der Waals surface area contributed by atoms with E-state index in [4.69, 9.17) is 19.6 Å². The van der Waals surface area contributed by atoms with Gasteiger partial charge in [-0.1, -0.05) is 71.0 Å². The zero-order valence-electron chi connectivity index (χ0n) is 40.9. The molecule has 2 aromatic carbocycles. The number of hydrogen-bond donors (Lipinski definition) is 0. The molecule has 8 rings (SSSR count). The van der Waals surface area contributed by atoms with Crippen molar-refractivity contribution in [1.82, 2.24) is 39.3 Å². The molecule has 4 unspecified atom stereocenters. The second-order valence-electron chi connectivity index (χ2n) is 18.6. The average molecular weight is 1040 g/mol. The minimum atomic E-state index is -4.71. The van der Waals surface area contributed by atoms with Crippen LogP contribution in [0.3, 0.4) is 0 Å². The van der Waals surface area contributed by atoms with Gasteiger partial charge in [-0.15, -0.1) is 22.7 Å². The van der Waals surface area contributed by atoms with Gasteiger partial charge in [-0.2, -0.15) is 36.5 Å². The fourth-order valence-corrected chi connectivity index (χ4v) is 11.2. The number of halogens is 6. The molecule has 4 aromatic heterocycles. The number of benzene rings is 2. The lowest BCUT2D eigenvalue weighted by Crippen LogP contribution is -2.57. The molecule has 13 nitrogen and oxygen atoms in total. The van der Waals surface area contributed by atoms with Gasteiger partial charge < -0.3 is 9.68 Å². The standard InChI is InChI=1S/C51H58F6N10O3S2/c1-31-25-45(50(52,53)54)60-66(31)27-43(64-21-17-39(18-22-64)48-58-41(29-71-48)33(3)62-69-35(5)37-13-9-7-10-14-37)47(68)44(28-67-32(2)26-46(61-67)51(55,56)57)65-23-19-40(20-24-65)49-59-42(30-72-49)34(4)63-70-36(6)38-15-11-8-12-16-38/h7-16,25-26,29-30,35-36,39-40,43-44H,17-24,27-28H2,1-6H3. The number of oxime groups is 2. The van der Waals surface area contributed by atoms with Gasteiger partial charge in [0, 0.05) is 34.0 Å². The molecule has 0 amide bonds. The van der Waals surface area contributed by atoms with Crippen LogP contribution in [0.15, 0.2) is 93.9 Å². The molecule has 4 atom stereocenters. The van der Waals surface area contributed by atoms with Crippen LogP contribution in [0.4, 0.5) is 26.3 Å². The Morgan fingerprint density at radius 3 is 1.33 bits per heavy atom. The van der Waals surface area contributed by atoms with Crippen LogP contribution in [0, 0.1) is 13.8 Å². The number of rotatable bonds is 18. The van der Waals surface area contributed by atoms with E-state index in [1.807, 2.05) is 109 Å². The van der Waals surface area contributed by atoms with E-state index in [9.17, 15) is 26.3 Å². The van der Waals surface area contributed by atoms with Crippen molar-refractivity contribution in [3.05, 3.63) is 139 Å². The van der Waals surface area contributed by atoms with E-state index in [-0.39, 0.29) is 54.3 Å². The third-order valence-electron chi connectivity index (χ3n) is 13.5. The van der Waals surface area contributed by atoms with Crippen LogP contribution in [0.25, 0.3) is 0 Å². The Morgan fingerprint density at radius 2 is 1.00 bits per heavy atom. The average Bonchev–Trinajstić information content (AvgIpc) is 4.21. The van der Waals surface area contributed by atoms with Crippen LogP contribution in [-0.2, 0) is 39.9 Å². The summed E-state index contributed by atoms with van der Waals surface area (Å²) in [5, 5.41) is 22.2. The number of aryl methyl sites for hydroxylation is 2. The molecule has 0 aliphatic carbocycles. The van der Waals surface area contributed by atoms with Crippen molar-refractivity contribution >= 4 is 39.9 Å². The van der Waals surface area contributed by atoms with Gasteiger partial charge in [0.25, 0.3) is 0 Å². The first-order valence-electron chi connectivity index (χ1n) is 24.0. The Morgan fingerprint density at radius 1 is 0.639 bits per heavy atom. The molecule has 21 heteroatoms. The number of piperidine rings is 2. The highest BCUT2D eigenvalue weighted by atomic mass is 32.1. The first kappa shape index (κ1) is 52.5.